The number of nitrogens with one attached hydrogen (secondary N) is 1. The summed E-state index contributed by atoms with van der Waals surface area (Å²) in [6, 6.07) is 12.1. The van der Waals surface area contributed by atoms with Crippen molar-refractivity contribution < 1.29 is 4.39 Å². The molecule has 2 aromatic carbocycles. The van der Waals surface area contributed by atoms with E-state index in [4.69, 9.17) is 5.73 Å². The van der Waals surface area contributed by atoms with E-state index in [1.54, 1.807) is 24.5 Å². The fourth-order valence-corrected chi connectivity index (χ4v) is 2.17. The first-order valence-corrected chi connectivity index (χ1v) is 6.34. The maximum absolute atomic E-state index is 12.9. The van der Waals surface area contributed by atoms with Gasteiger partial charge >= 0.3 is 0 Å². The third-order valence-corrected chi connectivity index (χ3v) is 3.25. The Labute approximate surface area is 116 Å². The lowest BCUT2D eigenvalue weighted by molar-refractivity contribution is 0.627. The highest BCUT2D eigenvalue weighted by Crippen LogP contribution is 2.27. The van der Waals surface area contributed by atoms with E-state index in [1.165, 1.54) is 12.1 Å². The number of rotatable bonds is 3. The number of nitrogens with zero attached hydrogens (tertiary/aromatic N) is 1. The van der Waals surface area contributed by atoms with Crippen molar-refractivity contribution in [1.29, 1.82) is 0 Å². The van der Waals surface area contributed by atoms with Crippen molar-refractivity contribution in [2.24, 2.45) is 0 Å². The van der Waals surface area contributed by atoms with Crippen LogP contribution in [0.4, 0.5) is 15.8 Å². The molecule has 100 valence electrons. The van der Waals surface area contributed by atoms with E-state index in [2.05, 4.69) is 10.3 Å². The SMILES string of the molecule is Nc1ccc(NCc2ccc(F)cc2)c2cnccc12. The Bertz CT molecular complexity index is 738. The van der Waals surface area contributed by atoms with E-state index in [-0.39, 0.29) is 5.82 Å². The summed E-state index contributed by atoms with van der Waals surface area (Å²) in [5, 5.41) is 5.29. The molecule has 3 N–H and O–H groups in total. The highest BCUT2D eigenvalue weighted by atomic mass is 19.1. The number of aromatic nitrogens is 1. The summed E-state index contributed by atoms with van der Waals surface area (Å²) in [7, 11) is 0. The number of nitrogens with two attached hydrogens (primary N) is 1. The van der Waals surface area contributed by atoms with Crippen LogP contribution in [0.2, 0.25) is 0 Å². The van der Waals surface area contributed by atoms with Crippen LogP contribution < -0.4 is 11.1 Å². The molecular weight excluding hydrogens is 253 g/mol. The lowest BCUT2D eigenvalue weighted by atomic mass is 10.1. The smallest absolute Gasteiger partial charge is 0.123 e. The molecule has 0 aliphatic carbocycles. The minimum Gasteiger partial charge on any atom is -0.398 e. The number of nitrogen functional groups attached to an aromatic ring is 1. The predicted molar refractivity (Wildman–Crippen MR) is 79.9 cm³/mol. The molecule has 0 saturated carbocycles. The molecule has 20 heavy (non-hydrogen) atoms. The normalized spacial score (nSPS) is 10.7. The predicted octanol–water partition coefficient (Wildman–Crippen LogP) is 3.57. The minimum atomic E-state index is -0.226. The summed E-state index contributed by atoms with van der Waals surface area (Å²) in [6.45, 7) is 0.619. The maximum Gasteiger partial charge on any atom is 0.123 e. The van der Waals surface area contributed by atoms with Gasteiger partial charge in [-0.15, -0.1) is 0 Å². The van der Waals surface area contributed by atoms with Crippen molar-refractivity contribution in [1.82, 2.24) is 4.98 Å². The van der Waals surface area contributed by atoms with Crippen LogP contribution in [0.15, 0.2) is 54.9 Å². The van der Waals surface area contributed by atoms with Gasteiger partial charge in [0.05, 0.1) is 0 Å². The van der Waals surface area contributed by atoms with E-state index in [9.17, 15) is 4.39 Å². The molecule has 0 bridgehead atoms. The average Bonchev–Trinajstić information content (AvgIpc) is 2.49. The zero-order chi connectivity index (χ0) is 13.9. The van der Waals surface area contributed by atoms with Gasteiger partial charge in [-0.05, 0) is 35.9 Å². The van der Waals surface area contributed by atoms with Crippen LogP contribution in [-0.2, 0) is 6.54 Å². The van der Waals surface area contributed by atoms with E-state index < -0.39 is 0 Å². The molecule has 1 heterocycles. The van der Waals surface area contributed by atoms with Crippen molar-refractivity contribution in [3.05, 3.63) is 66.2 Å². The first kappa shape index (κ1) is 12.4. The maximum atomic E-state index is 12.9. The zero-order valence-corrected chi connectivity index (χ0v) is 10.8. The van der Waals surface area contributed by atoms with Gasteiger partial charge in [0.15, 0.2) is 0 Å². The van der Waals surface area contributed by atoms with Crippen molar-refractivity contribution in [2.75, 3.05) is 11.1 Å². The molecule has 0 aliphatic rings. The van der Waals surface area contributed by atoms with Crippen molar-refractivity contribution in [2.45, 2.75) is 6.54 Å². The Morgan fingerprint density at radius 3 is 2.60 bits per heavy atom. The van der Waals surface area contributed by atoms with Gasteiger partial charge < -0.3 is 11.1 Å². The second-order valence-electron chi connectivity index (χ2n) is 4.60. The fraction of sp³-hybridized carbons (Fsp3) is 0.0625. The quantitative estimate of drug-likeness (QED) is 0.713. The molecule has 0 unspecified atom stereocenters. The lowest BCUT2D eigenvalue weighted by Crippen LogP contribution is -2.01. The summed E-state index contributed by atoms with van der Waals surface area (Å²) in [5.74, 6) is -0.226. The van der Waals surface area contributed by atoms with Gasteiger partial charge in [-0.3, -0.25) is 4.98 Å². The van der Waals surface area contributed by atoms with E-state index in [1.807, 2.05) is 18.2 Å². The monoisotopic (exact) mass is 267 g/mol. The molecule has 3 rings (SSSR count). The van der Waals surface area contributed by atoms with Crippen molar-refractivity contribution in [3.63, 3.8) is 0 Å². The van der Waals surface area contributed by atoms with Crippen LogP contribution in [-0.4, -0.2) is 4.98 Å². The summed E-state index contributed by atoms with van der Waals surface area (Å²) >= 11 is 0. The molecule has 3 aromatic rings. The molecular formula is C16H14FN3. The Morgan fingerprint density at radius 2 is 1.80 bits per heavy atom. The van der Waals surface area contributed by atoms with Gasteiger partial charge in [0.1, 0.15) is 5.82 Å². The zero-order valence-electron chi connectivity index (χ0n) is 10.8. The third-order valence-electron chi connectivity index (χ3n) is 3.25. The summed E-state index contributed by atoms with van der Waals surface area (Å²) in [4.78, 5) is 4.14. The summed E-state index contributed by atoms with van der Waals surface area (Å²) in [6.07, 6.45) is 3.52. The van der Waals surface area contributed by atoms with Gasteiger partial charge in [0.25, 0.3) is 0 Å². The highest BCUT2D eigenvalue weighted by Gasteiger charge is 2.04. The Kier molecular flexibility index (Phi) is 3.21. The van der Waals surface area contributed by atoms with Crippen molar-refractivity contribution in [3.8, 4) is 0 Å². The number of anilines is 2. The van der Waals surface area contributed by atoms with Gasteiger partial charge in [-0.25, -0.2) is 4.39 Å². The van der Waals surface area contributed by atoms with Gasteiger partial charge in [-0.2, -0.15) is 0 Å². The molecule has 4 heteroatoms. The standard InChI is InChI=1S/C16H14FN3/c17-12-3-1-11(2-4-12)9-20-16-6-5-15(18)13-7-8-19-10-14(13)16/h1-8,10,20H,9,18H2. The first-order valence-electron chi connectivity index (χ1n) is 6.34. The van der Waals surface area contributed by atoms with Crippen LogP contribution in [0.5, 0.6) is 0 Å². The number of hydrogen-bond donors (Lipinski definition) is 2. The molecule has 0 atom stereocenters. The van der Waals surface area contributed by atoms with Crippen LogP contribution in [0.25, 0.3) is 10.8 Å². The first-order chi connectivity index (χ1) is 9.74. The number of hydrogen-bond acceptors (Lipinski definition) is 3. The largest absolute Gasteiger partial charge is 0.398 e. The highest BCUT2D eigenvalue weighted by molar-refractivity contribution is 6.00. The van der Waals surface area contributed by atoms with Crippen LogP contribution in [0.1, 0.15) is 5.56 Å². The molecule has 0 fully saturated rings. The molecule has 0 saturated heterocycles. The van der Waals surface area contributed by atoms with Crippen LogP contribution >= 0.6 is 0 Å². The second kappa shape index (κ2) is 5.17. The number of fused-ring (bicyclic) bond motifs is 1. The lowest BCUT2D eigenvalue weighted by Gasteiger charge is -2.11. The molecule has 0 aliphatic heterocycles. The summed E-state index contributed by atoms with van der Waals surface area (Å²) in [5.41, 5.74) is 8.66. The van der Waals surface area contributed by atoms with Gasteiger partial charge in [0, 0.05) is 41.1 Å². The van der Waals surface area contributed by atoms with Crippen LogP contribution in [0.3, 0.4) is 0 Å². The third kappa shape index (κ3) is 2.40. The molecule has 0 spiro atoms. The van der Waals surface area contributed by atoms with E-state index in [0.717, 1.165) is 27.7 Å². The Balaban J connectivity index is 1.88. The van der Waals surface area contributed by atoms with Gasteiger partial charge in [0.2, 0.25) is 0 Å². The topological polar surface area (TPSA) is 50.9 Å². The average molecular weight is 267 g/mol. The van der Waals surface area contributed by atoms with Crippen molar-refractivity contribution >= 4 is 22.1 Å². The molecule has 1 aromatic heterocycles. The van der Waals surface area contributed by atoms with Crippen LogP contribution in [0, 0.1) is 5.82 Å². The summed E-state index contributed by atoms with van der Waals surface area (Å²) < 4.78 is 12.9. The van der Waals surface area contributed by atoms with E-state index in [0.29, 0.717) is 6.54 Å². The number of benzene rings is 2. The number of pyridine rings is 1. The molecule has 0 amide bonds. The Hall–Kier alpha value is -2.62. The Morgan fingerprint density at radius 1 is 1.00 bits per heavy atom. The second-order valence-corrected chi connectivity index (χ2v) is 4.60. The molecule has 0 radical (unpaired) electrons. The number of halogens is 1. The minimum absolute atomic E-state index is 0.226. The van der Waals surface area contributed by atoms with Gasteiger partial charge in [-0.1, -0.05) is 12.1 Å². The molecule has 3 nitrogen and oxygen atoms in total. The fourth-order valence-electron chi connectivity index (χ4n) is 2.17. The van der Waals surface area contributed by atoms with E-state index >= 15 is 0 Å².